The predicted molar refractivity (Wildman–Crippen MR) is 80.8 cm³/mol. The molecule has 0 radical (unpaired) electrons. The molecule has 0 spiro atoms. The summed E-state index contributed by atoms with van der Waals surface area (Å²) in [5.74, 6) is 0.991. The second-order valence-electron chi connectivity index (χ2n) is 4.28. The zero-order chi connectivity index (χ0) is 15.3. The first kappa shape index (κ1) is 17.2. The summed E-state index contributed by atoms with van der Waals surface area (Å²) in [5.41, 5.74) is -0.424. The van der Waals surface area contributed by atoms with Crippen LogP contribution in [0.5, 0.6) is 0 Å². The Morgan fingerprint density at radius 1 is 1.50 bits per heavy atom. The van der Waals surface area contributed by atoms with E-state index >= 15 is 0 Å². The number of halogens is 1. The molecule has 0 heterocycles. The third kappa shape index (κ3) is 4.62. The zero-order valence-electron chi connectivity index (χ0n) is 11.0. The van der Waals surface area contributed by atoms with E-state index < -0.39 is 20.6 Å². The van der Waals surface area contributed by atoms with Crippen molar-refractivity contribution in [3.63, 3.8) is 0 Å². The van der Waals surface area contributed by atoms with Gasteiger partial charge in [0.1, 0.15) is 5.02 Å². The van der Waals surface area contributed by atoms with Gasteiger partial charge in [-0.15, -0.1) is 0 Å². The molecule has 20 heavy (non-hydrogen) atoms. The number of hydrogen-bond donors (Lipinski definition) is 1. The van der Waals surface area contributed by atoms with Crippen molar-refractivity contribution >= 4 is 39.1 Å². The van der Waals surface area contributed by atoms with Crippen molar-refractivity contribution in [2.45, 2.75) is 11.8 Å². The molecule has 112 valence electrons. The van der Waals surface area contributed by atoms with Gasteiger partial charge in [-0.05, 0) is 30.1 Å². The molecule has 1 aromatic rings. The van der Waals surface area contributed by atoms with Gasteiger partial charge in [-0.2, -0.15) is 11.8 Å². The molecule has 1 aromatic carbocycles. The van der Waals surface area contributed by atoms with Crippen LogP contribution in [0.25, 0.3) is 0 Å². The summed E-state index contributed by atoms with van der Waals surface area (Å²) in [6.45, 7) is 2.20. The van der Waals surface area contributed by atoms with Gasteiger partial charge >= 0.3 is 0 Å². The van der Waals surface area contributed by atoms with E-state index in [1.165, 1.54) is 12.1 Å². The lowest BCUT2D eigenvalue weighted by molar-refractivity contribution is -0.384. The van der Waals surface area contributed by atoms with Gasteiger partial charge in [-0.3, -0.25) is 10.1 Å². The van der Waals surface area contributed by atoms with E-state index in [1.807, 2.05) is 13.2 Å². The Hall–Kier alpha value is -0.830. The molecule has 9 heteroatoms. The summed E-state index contributed by atoms with van der Waals surface area (Å²) >= 11 is 7.27. The summed E-state index contributed by atoms with van der Waals surface area (Å²) in [4.78, 5) is 9.88. The molecular formula is C11H15ClN2O4S2. The molecule has 1 rings (SSSR count). The number of rotatable bonds is 7. The Morgan fingerprint density at radius 3 is 2.70 bits per heavy atom. The molecule has 0 saturated carbocycles. The number of nitrogens with zero attached hydrogens (tertiary/aromatic N) is 1. The number of hydrogen-bond acceptors (Lipinski definition) is 5. The SMILES string of the molecule is CSCC(C)CNS(=O)(=O)c1ccc(Cl)c([N+](=O)[O-])c1. The van der Waals surface area contributed by atoms with Crippen molar-refractivity contribution in [2.24, 2.45) is 5.92 Å². The Bertz CT molecular complexity index is 592. The fraction of sp³-hybridized carbons (Fsp3) is 0.455. The first-order chi connectivity index (χ1) is 9.27. The highest BCUT2D eigenvalue weighted by atomic mass is 35.5. The van der Waals surface area contributed by atoms with Crippen LogP contribution in [-0.2, 0) is 10.0 Å². The van der Waals surface area contributed by atoms with Gasteiger partial charge in [-0.1, -0.05) is 18.5 Å². The first-order valence-corrected chi connectivity index (χ1v) is 8.96. The number of nitro benzene ring substituents is 1. The molecule has 0 saturated heterocycles. The van der Waals surface area contributed by atoms with Crippen molar-refractivity contribution in [1.29, 1.82) is 0 Å². The van der Waals surface area contributed by atoms with Crippen LogP contribution in [0.4, 0.5) is 5.69 Å². The lowest BCUT2D eigenvalue weighted by atomic mass is 10.2. The van der Waals surface area contributed by atoms with Crippen molar-refractivity contribution in [1.82, 2.24) is 4.72 Å². The molecule has 0 aliphatic carbocycles. The third-order valence-electron chi connectivity index (χ3n) is 2.50. The van der Waals surface area contributed by atoms with Crippen molar-refractivity contribution < 1.29 is 13.3 Å². The highest BCUT2D eigenvalue weighted by Crippen LogP contribution is 2.27. The molecule has 0 bridgehead atoms. The van der Waals surface area contributed by atoms with E-state index in [1.54, 1.807) is 11.8 Å². The third-order valence-corrected chi connectivity index (χ3v) is 5.14. The van der Waals surface area contributed by atoms with Gasteiger partial charge < -0.3 is 0 Å². The van der Waals surface area contributed by atoms with Crippen LogP contribution in [0.3, 0.4) is 0 Å². The summed E-state index contributed by atoms with van der Waals surface area (Å²) in [6, 6.07) is 3.42. The molecule has 0 amide bonds. The summed E-state index contributed by atoms with van der Waals surface area (Å²) in [7, 11) is -3.77. The smallest absolute Gasteiger partial charge is 0.258 e. The number of nitro groups is 1. The van der Waals surface area contributed by atoms with Gasteiger partial charge in [0.05, 0.1) is 9.82 Å². The van der Waals surface area contributed by atoms with E-state index in [4.69, 9.17) is 11.6 Å². The topological polar surface area (TPSA) is 89.3 Å². The number of nitrogens with one attached hydrogen (secondary N) is 1. The zero-order valence-corrected chi connectivity index (χ0v) is 13.4. The molecule has 1 N–H and O–H groups in total. The maximum absolute atomic E-state index is 12.0. The van der Waals surface area contributed by atoms with E-state index in [-0.39, 0.29) is 22.4 Å². The minimum absolute atomic E-state index is 0.0929. The summed E-state index contributed by atoms with van der Waals surface area (Å²) < 4.78 is 26.5. The van der Waals surface area contributed by atoms with Gasteiger partial charge in [0.2, 0.25) is 10.0 Å². The number of thioether (sulfide) groups is 1. The van der Waals surface area contributed by atoms with Gasteiger partial charge in [0.15, 0.2) is 0 Å². The van der Waals surface area contributed by atoms with E-state index in [0.29, 0.717) is 0 Å². The van der Waals surface area contributed by atoms with E-state index in [0.717, 1.165) is 11.8 Å². The predicted octanol–water partition coefficient (Wildman–Crippen LogP) is 2.53. The average Bonchev–Trinajstić information content (AvgIpc) is 2.37. The van der Waals surface area contributed by atoms with Crippen LogP contribution < -0.4 is 4.72 Å². The fourth-order valence-corrected chi connectivity index (χ4v) is 3.54. The van der Waals surface area contributed by atoms with E-state index in [9.17, 15) is 18.5 Å². The van der Waals surface area contributed by atoms with Gasteiger partial charge in [0, 0.05) is 12.6 Å². The van der Waals surface area contributed by atoms with Crippen LogP contribution in [0.2, 0.25) is 5.02 Å². The van der Waals surface area contributed by atoms with Crippen LogP contribution in [0, 0.1) is 16.0 Å². The maximum Gasteiger partial charge on any atom is 0.289 e. The van der Waals surface area contributed by atoms with E-state index in [2.05, 4.69) is 4.72 Å². The Kier molecular flexibility index (Phi) is 6.25. The highest BCUT2D eigenvalue weighted by molar-refractivity contribution is 7.98. The van der Waals surface area contributed by atoms with Crippen molar-refractivity contribution in [3.05, 3.63) is 33.3 Å². The summed E-state index contributed by atoms with van der Waals surface area (Å²) in [6.07, 6.45) is 1.94. The lowest BCUT2D eigenvalue weighted by Gasteiger charge is -2.11. The first-order valence-electron chi connectivity index (χ1n) is 5.70. The summed E-state index contributed by atoms with van der Waals surface area (Å²) in [5, 5.41) is 10.7. The molecule has 0 aromatic heterocycles. The minimum Gasteiger partial charge on any atom is -0.258 e. The Morgan fingerprint density at radius 2 is 2.15 bits per heavy atom. The van der Waals surface area contributed by atoms with Crippen LogP contribution in [0.1, 0.15) is 6.92 Å². The normalized spacial score (nSPS) is 13.2. The monoisotopic (exact) mass is 338 g/mol. The quantitative estimate of drug-likeness (QED) is 0.609. The molecule has 1 atom stereocenters. The second-order valence-corrected chi connectivity index (χ2v) is 7.37. The standard InChI is InChI=1S/C11H15ClN2O4S2/c1-8(7-19-2)6-13-20(17,18)9-3-4-10(12)11(5-9)14(15)16/h3-5,8,13H,6-7H2,1-2H3. The van der Waals surface area contributed by atoms with Crippen LogP contribution >= 0.6 is 23.4 Å². The largest absolute Gasteiger partial charge is 0.289 e. The molecule has 6 nitrogen and oxygen atoms in total. The Labute approximate surface area is 127 Å². The molecule has 1 unspecified atom stereocenters. The van der Waals surface area contributed by atoms with Crippen LogP contribution in [-0.4, -0.2) is 31.9 Å². The van der Waals surface area contributed by atoms with Gasteiger partial charge in [0.25, 0.3) is 5.69 Å². The molecule has 0 aliphatic heterocycles. The lowest BCUT2D eigenvalue weighted by Crippen LogP contribution is -2.29. The van der Waals surface area contributed by atoms with Crippen LogP contribution in [0.15, 0.2) is 23.1 Å². The number of benzene rings is 1. The highest BCUT2D eigenvalue weighted by Gasteiger charge is 2.20. The van der Waals surface area contributed by atoms with Gasteiger partial charge in [-0.25, -0.2) is 13.1 Å². The van der Waals surface area contributed by atoms with Crippen molar-refractivity contribution in [2.75, 3.05) is 18.6 Å². The Balaban J connectivity index is 2.93. The molecular weight excluding hydrogens is 324 g/mol. The van der Waals surface area contributed by atoms with Crippen molar-refractivity contribution in [3.8, 4) is 0 Å². The fourth-order valence-electron chi connectivity index (χ4n) is 1.48. The minimum atomic E-state index is -3.77. The molecule has 0 aliphatic rings. The number of sulfonamides is 1. The average molecular weight is 339 g/mol. The maximum atomic E-state index is 12.0. The molecule has 0 fully saturated rings. The second kappa shape index (κ2) is 7.26.